The van der Waals surface area contributed by atoms with Gasteiger partial charge in [0.1, 0.15) is 11.2 Å². The number of nitrogens with zero attached hydrogens (tertiary/aromatic N) is 3. The summed E-state index contributed by atoms with van der Waals surface area (Å²) in [5.41, 5.74) is 17.6. The summed E-state index contributed by atoms with van der Waals surface area (Å²) in [5, 5.41) is 6.19. The van der Waals surface area contributed by atoms with Gasteiger partial charge in [-0.3, -0.25) is 0 Å². The molecule has 308 valence electrons. The van der Waals surface area contributed by atoms with Crippen molar-refractivity contribution in [1.82, 2.24) is 4.48 Å². The van der Waals surface area contributed by atoms with Crippen molar-refractivity contribution in [3.8, 4) is 11.1 Å². The Balaban J connectivity index is 1.14. The number of fused-ring (bicyclic) bond motifs is 13. The highest BCUT2D eigenvalue weighted by molar-refractivity contribution is 7.26. The van der Waals surface area contributed by atoms with Gasteiger partial charge in [0.2, 0.25) is 0 Å². The van der Waals surface area contributed by atoms with Crippen LogP contribution in [0.1, 0.15) is 52.7 Å². The van der Waals surface area contributed by atoms with E-state index in [1.165, 1.54) is 70.1 Å². The molecule has 5 heterocycles. The first-order valence-electron chi connectivity index (χ1n) is 22.5. The normalized spacial score (nSPS) is 13.4. The smallest absolute Gasteiger partial charge is 0.333 e. The zero-order chi connectivity index (χ0) is 43.2. The van der Waals surface area contributed by atoms with Crippen molar-refractivity contribution in [2.24, 2.45) is 0 Å². The molecule has 0 aliphatic carbocycles. The van der Waals surface area contributed by atoms with Gasteiger partial charge in [-0.25, -0.2) is 0 Å². The monoisotopic (exact) mass is 843 g/mol. The molecule has 0 bridgehead atoms. The molecule has 4 nitrogen and oxygen atoms in total. The Morgan fingerprint density at radius 3 is 1.88 bits per heavy atom. The minimum absolute atomic E-state index is 0.0417. The van der Waals surface area contributed by atoms with E-state index in [1.807, 2.05) is 11.3 Å². The maximum absolute atomic E-state index is 7.00. The fraction of sp³-hybridized carbons (Fsp3) is 0.138. The third-order valence-electron chi connectivity index (χ3n) is 13.9. The van der Waals surface area contributed by atoms with E-state index in [0.29, 0.717) is 0 Å². The van der Waals surface area contributed by atoms with Gasteiger partial charge in [0.15, 0.2) is 0 Å². The number of rotatable bonds is 4. The van der Waals surface area contributed by atoms with Gasteiger partial charge in [-0.15, -0.1) is 11.3 Å². The predicted molar refractivity (Wildman–Crippen MR) is 275 cm³/mol. The lowest BCUT2D eigenvalue weighted by Crippen LogP contribution is -2.56. The van der Waals surface area contributed by atoms with Crippen molar-refractivity contribution in [2.45, 2.75) is 52.4 Å². The second-order valence-electron chi connectivity index (χ2n) is 19.8. The van der Waals surface area contributed by atoms with E-state index < -0.39 is 0 Å². The van der Waals surface area contributed by atoms with E-state index in [2.05, 4.69) is 226 Å². The molecule has 0 fully saturated rings. The van der Waals surface area contributed by atoms with Crippen LogP contribution < -0.4 is 20.7 Å². The summed E-state index contributed by atoms with van der Waals surface area (Å²) >= 11 is 1.91. The van der Waals surface area contributed by atoms with Crippen LogP contribution in [0.3, 0.4) is 0 Å². The number of anilines is 6. The average Bonchev–Trinajstić information content (AvgIpc) is 3.97. The van der Waals surface area contributed by atoms with E-state index in [-0.39, 0.29) is 17.7 Å². The lowest BCUT2D eigenvalue weighted by Gasteiger charge is -2.41. The predicted octanol–water partition coefficient (Wildman–Crippen LogP) is 15.4. The first kappa shape index (κ1) is 37.5. The van der Waals surface area contributed by atoms with Crippen molar-refractivity contribution < 1.29 is 4.42 Å². The molecule has 0 atom stereocenters. The Hall–Kier alpha value is -7.02. The van der Waals surface area contributed by atoms with Crippen LogP contribution in [0.5, 0.6) is 0 Å². The molecule has 13 rings (SSSR count). The summed E-state index contributed by atoms with van der Waals surface area (Å²) in [5.74, 6) is 0. The third kappa shape index (κ3) is 5.29. The molecule has 3 aromatic heterocycles. The lowest BCUT2D eigenvalue weighted by molar-refractivity contribution is 0.590. The highest BCUT2D eigenvalue weighted by Crippen LogP contribution is 2.52. The topological polar surface area (TPSA) is 24.6 Å². The zero-order valence-electron chi connectivity index (χ0n) is 36.9. The molecule has 0 saturated carbocycles. The van der Waals surface area contributed by atoms with Gasteiger partial charge in [-0.2, -0.15) is 0 Å². The summed E-state index contributed by atoms with van der Waals surface area (Å²) in [4.78, 5) is 6.26. The Kier molecular flexibility index (Phi) is 7.78. The second kappa shape index (κ2) is 13.3. The van der Waals surface area contributed by atoms with Gasteiger partial charge in [0.25, 0.3) is 0 Å². The summed E-state index contributed by atoms with van der Waals surface area (Å²) < 4.78 is 11.0. The van der Waals surface area contributed by atoms with E-state index in [9.17, 15) is 0 Å². The Bertz CT molecular complexity index is 3640. The van der Waals surface area contributed by atoms with E-state index in [4.69, 9.17) is 4.42 Å². The molecule has 6 heteroatoms. The van der Waals surface area contributed by atoms with Gasteiger partial charge in [0.05, 0.1) is 4.83 Å². The van der Waals surface area contributed by atoms with Crippen LogP contribution in [0.25, 0.3) is 64.3 Å². The van der Waals surface area contributed by atoms with Gasteiger partial charge in [0, 0.05) is 82.4 Å². The van der Waals surface area contributed by atoms with Gasteiger partial charge in [-0.05, 0) is 99.6 Å². The van der Waals surface area contributed by atoms with E-state index in [0.717, 1.165) is 50.4 Å². The van der Waals surface area contributed by atoms with Crippen LogP contribution in [-0.4, -0.2) is 11.3 Å². The summed E-state index contributed by atoms with van der Waals surface area (Å²) in [7, 11) is 0. The van der Waals surface area contributed by atoms with Crippen molar-refractivity contribution >= 4 is 116 Å². The number of aromatic nitrogens is 1. The fourth-order valence-electron chi connectivity index (χ4n) is 10.8. The zero-order valence-corrected chi connectivity index (χ0v) is 37.7. The molecule has 0 amide bonds. The Morgan fingerprint density at radius 2 is 1.17 bits per heavy atom. The van der Waals surface area contributed by atoms with Crippen LogP contribution >= 0.6 is 11.3 Å². The summed E-state index contributed by atoms with van der Waals surface area (Å²) in [6.45, 7) is 13.6. The molecule has 2 aliphatic rings. The summed E-state index contributed by atoms with van der Waals surface area (Å²) in [6.07, 6.45) is 0. The number of para-hydroxylation sites is 3. The molecule has 0 unspecified atom stereocenters. The summed E-state index contributed by atoms with van der Waals surface area (Å²) in [6, 6.07) is 63.3. The third-order valence-corrected chi connectivity index (χ3v) is 15.0. The molecule has 0 saturated heterocycles. The van der Waals surface area contributed by atoms with Gasteiger partial charge >= 0.3 is 6.85 Å². The molecular formula is C58H46BN3OS. The number of furan rings is 1. The molecular weight excluding hydrogens is 798 g/mol. The second-order valence-corrected chi connectivity index (χ2v) is 20.8. The first-order chi connectivity index (χ1) is 31.0. The maximum Gasteiger partial charge on any atom is 0.333 e. The highest BCUT2D eigenvalue weighted by atomic mass is 32.1. The lowest BCUT2D eigenvalue weighted by atomic mass is 9.45. The van der Waals surface area contributed by atoms with Gasteiger partial charge in [-0.1, -0.05) is 145 Å². The number of hydrogen-bond acceptors (Lipinski definition) is 4. The number of hydrogen-bond donors (Lipinski definition) is 0. The largest absolute Gasteiger partial charge is 0.455 e. The molecule has 64 heavy (non-hydrogen) atoms. The maximum atomic E-state index is 7.00. The highest BCUT2D eigenvalue weighted by Gasteiger charge is 2.45. The quantitative estimate of drug-likeness (QED) is 0.165. The van der Waals surface area contributed by atoms with Crippen LogP contribution in [0.2, 0.25) is 0 Å². The van der Waals surface area contributed by atoms with Crippen molar-refractivity contribution in [1.29, 1.82) is 0 Å². The molecule has 0 N–H and O–H groups in total. The Morgan fingerprint density at radius 1 is 0.547 bits per heavy atom. The standard InChI is InChI=1S/C58H46BN3OS/c1-57(2,3)35-23-27-38(28-24-35)60(39-29-25-36(26-30-39)58(4,5)6)40-31-32-46-47(33-40)61(37-15-8-7-9-16-37)48-34-45-41-17-10-12-21-49(41)63-55(45)52-44-20-14-19-43-51-42-18-11-13-22-50(42)64-56(51)62(54(43)44)59(46)53(48)52/h7-34H,1-6H3. The Labute approximate surface area is 377 Å². The molecule has 2 aliphatic heterocycles. The number of benzene rings is 8. The van der Waals surface area contributed by atoms with E-state index >= 15 is 0 Å². The van der Waals surface area contributed by atoms with Gasteiger partial charge < -0.3 is 18.7 Å². The van der Waals surface area contributed by atoms with Crippen LogP contribution in [0.15, 0.2) is 174 Å². The minimum Gasteiger partial charge on any atom is -0.455 e. The van der Waals surface area contributed by atoms with Crippen LogP contribution in [0.4, 0.5) is 34.1 Å². The average molecular weight is 844 g/mol. The van der Waals surface area contributed by atoms with Crippen LogP contribution in [-0.2, 0) is 10.8 Å². The minimum atomic E-state index is -0.111. The molecule has 0 spiro atoms. The molecule has 11 aromatic rings. The van der Waals surface area contributed by atoms with Crippen molar-refractivity contribution in [3.05, 3.63) is 181 Å². The van der Waals surface area contributed by atoms with Crippen molar-refractivity contribution in [2.75, 3.05) is 9.80 Å². The molecule has 0 radical (unpaired) electrons. The van der Waals surface area contributed by atoms with Crippen molar-refractivity contribution in [3.63, 3.8) is 0 Å². The van der Waals surface area contributed by atoms with Crippen LogP contribution in [0, 0.1) is 0 Å². The molecule has 8 aromatic carbocycles. The first-order valence-corrected chi connectivity index (χ1v) is 23.3. The SMILES string of the molecule is CC(C)(C)c1ccc(N(c2ccc(C(C)(C)C)cc2)c2ccc3c(c2)N(c2ccccc2)c2cc4c(oc5ccccc54)c4c2B3n2c3sc5ccccc5c3c3cccc-4c32)cc1. The fourth-order valence-corrected chi connectivity index (χ4v) is 12.0. The van der Waals surface area contributed by atoms with E-state index in [1.54, 1.807) is 0 Å². The number of thiophene rings is 1.